The molecule has 1 aromatic rings. The minimum absolute atomic E-state index is 0.195. The lowest BCUT2D eigenvalue weighted by Crippen LogP contribution is -2.35. The number of ether oxygens (including phenoxy) is 1. The Bertz CT molecular complexity index is 429. The number of alkyl halides is 3. The third-order valence-electron chi connectivity index (χ3n) is 3.52. The van der Waals surface area contributed by atoms with Crippen molar-refractivity contribution in [2.75, 3.05) is 32.8 Å². The van der Waals surface area contributed by atoms with Crippen molar-refractivity contribution in [2.24, 2.45) is 5.73 Å². The second-order valence-electron chi connectivity index (χ2n) is 4.88. The van der Waals surface area contributed by atoms with Gasteiger partial charge in [0.05, 0.1) is 12.2 Å². The van der Waals surface area contributed by atoms with Crippen molar-refractivity contribution in [3.05, 3.63) is 35.4 Å². The summed E-state index contributed by atoms with van der Waals surface area (Å²) in [4.78, 5) is 2.10. The monoisotopic (exact) mass is 288 g/mol. The first-order chi connectivity index (χ1) is 9.52. The van der Waals surface area contributed by atoms with Crippen LogP contribution < -0.4 is 5.73 Å². The second-order valence-corrected chi connectivity index (χ2v) is 4.88. The Morgan fingerprint density at radius 2 is 2.05 bits per heavy atom. The summed E-state index contributed by atoms with van der Waals surface area (Å²) < 4.78 is 43.7. The number of rotatable bonds is 3. The summed E-state index contributed by atoms with van der Waals surface area (Å²) in [5.74, 6) is 0. The summed E-state index contributed by atoms with van der Waals surface area (Å²) in [6, 6.07) is 5.23. The molecule has 0 bridgehead atoms. The summed E-state index contributed by atoms with van der Waals surface area (Å²) >= 11 is 0. The molecule has 3 nitrogen and oxygen atoms in total. The lowest BCUT2D eigenvalue weighted by Gasteiger charge is -2.29. The molecule has 1 atom stereocenters. The molecule has 1 unspecified atom stereocenters. The van der Waals surface area contributed by atoms with E-state index in [-0.39, 0.29) is 6.04 Å². The fourth-order valence-electron chi connectivity index (χ4n) is 2.50. The molecule has 0 aromatic heterocycles. The molecule has 2 rings (SSSR count). The molecule has 2 N–H and O–H groups in total. The Morgan fingerprint density at radius 3 is 2.75 bits per heavy atom. The highest BCUT2D eigenvalue weighted by Crippen LogP contribution is 2.31. The van der Waals surface area contributed by atoms with Crippen LogP contribution in [0, 0.1) is 0 Å². The third-order valence-corrected chi connectivity index (χ3v) is 3.52. The van der Waals surface area contributed by atoms with Crippen molar-refractivity contribution in [2.45, 2.75) is 18.6 Å². The van der Waals surface area contributed by atoms with Gasteiger partial charge in [0.2, 0.25) is 0 Å². The minimum Gasteiger partial charge on any atom is -0.380 e. The molecule has 1 saturated heterocycles. The minimum atomic E-state index is -4.32. The zero-order valence-electron chi connectivity index (χ0n) is 11.2. The maximum absolute atomic E-state index is 12.8. The van der Waals surface area contributed by atoms with Gasteiger partial charge in [-0.15, -0.1) is 0 Å². The summed E-state index contributed by atoms with van der Waals surface area (Å²) in [5, 5.41) is 0. The smallest absolute Gasteiger partial charge is 0.380 e. The van der Waals surface area contributed by atoms with Gasteiger partial charge in [0.15, 0.2) is 0 Å². The van der Waals surface area contributed by atoms with Gasteiger partial charge in [-0.3, -0.25) is 4.90 Å². The standard InChI is InChI=1S/C14H19F3N2O/c15-14(16,17)12-4-1-3-11(9-12)13(10-18)19-5-2-7-20-8-6-19/h1,3-4,9,13H,2,5-8,10,18H2. The van der Waals surface area contributed by atoms with Gasteiger partial charge in [-0.2, -0.15) is 13.2 Å². The maximum atomic E-state index is 12.8. The Kier molecular flexibility index (Phi) is 5.01. The Balaban J connectivity index is 2.22. The molecule has 1 aliphatic heterocycles. The fraction of sp³-hybridized carbons (Fsp3) is 0.571. The van der Waals surface area contributed by atoms with Crippen molar-refractivity contribution < 1.29 is 17.9 Å². The van der Waals surface area contributed by atoms with Crippen LogP contribution >= 0.6 is 0 Å². The van der Waals surface area contributed by atoms with Gasteiger partial charge < -0.3 is 10.5 Å². The van der Waals surface area contributed by atoms with Crippen LogP contribution in [0.15, 0.2) is 24.3 Å². The highest BCUT2D eigenvalue weighted by molar-refractivity contribution is 5.28. The summed E-state index contributed by atoms with van der Waals surface area (Å²) in [6.45, 7) is 3.06. The summed E-state index contributed by atoms with van der Waals surface area (Å²) in [7, 11) is 0. The van der Waals surface area contributed by atoms with Gasteiger partial charge in [0, 0.05) is 32.3 Å². The van der Waals surface area contributed by atoms with E-state index < -0.39 is 11.7 Å². The molecule has 0 saturated carbocycles. The molecule has 0 spiro atoms. The van der Waals surface area contributed by atoms with Crippen LogP contribution in [0.3, 0.4) is 0 Å². The van der Waals surface area contributed by atoms with E-state index in [1.54, 1.807) is 6.07 Å². The predicted octanol–water partition coefficient (Wildman–Crippen LogP) is 2.43. The maximum Gasteiger partial charge on any atom is 0.416 e. The molecule has 1 aliphatic rings. The molecule has 1 heterocycles. The van der Waals surface area contributed by atoms with Gasteiger partial charge >= 0.3 is 6.18 Å². The zero-order valence-corrected chi connectivity index (χ0v) is 11.2. The molecule has 0 radical (unpaired) electrons. The van der Waals surface area contributed by atoms with Crippen LogP contribution in [-0.2, 0) is 10.9 Å². The van der Waals surface area contributed by atoms with Crippen molar-refractivity contribution in [1.29, 1.82) is 0 Å². The zero-order chi connectivity index (χ0) is 14.6. The highest BCUT2D eigenvalue weighted by atomic mass is 19.4. The van der Waals surface area contributed by atoms with E-state index in [1.165, 1.54) is 12.1 Å². The first kappa shape index (κ1) is 15.3. The van der Waals surface area contributed by atoms with Crippen molar-refractivity contribution >= 4 is 0 Å². The van der Waals surface area contributed by atoms with Gasteiger partial charge in [0.25, 0.3) is 0 Å². The molecule has 6 heteroatoms. The number of hydrogen-bond acceptors (Lipinski definition) is 3. The SMILES string of the molecule is NCC(c1cccc(C(F)(F)F)c1)N1CCCOCC1. The first-order valence-corrected chi connectivity index (χ1v) is 6.71. The molecule has 0 amide bonds. The van der Waals surface area contributed by atoms with E-state index in [2.05, 4.69) is 4.90 Å². The molecule has 112 valence electrons. The Hall–Kier alpha value is -1.11. The van der Waals surface area contributed by atoms with E-state index in [0.717, 1.165) is 19.0 Å². The van der Waals surface area contributed by atoms with Crippen LogP contribution in [0.2, 0.25) is 0 Å². The second kappa shape index (κ2) is 6.56. The van der Waals surface area contributed by atoms with Crippen LogP contribution in [0.4, 0.5) is 13.2 Å². The summed E-state index contributed by atoms with van der Waals surface area (Å²) in [6.07, 6.45) is -3.45. The largest absolute Gasteiger partial charge is 0.416 e. The molecule has 1 fully saturated rings. The highest BCUT2D eigenvalue weighted by Gasteiger charge is 2.31. The normalized spacial score (nSPS) is 19.6. The van der Waals surface area contributed by atoms with Gasteiger partial charge in [-0.05, 0) is 24.1 Å². The average Bonchev–Trinajstić information content (AvgIpc) is 2.68. The quantitative estimate of drug-likeness (QED) is 0.928. The van der Waals surface area contributed by atoms with E-state index in [4.69, 9.17) is 10.5 Å². The number of nitrogens with zero attached hydrogens (tertiary/aromatic N) is 1. The van der Waals surface area contributed by atoms with Gasteiger partial charge in [-0.25, -0.2) is 0 Å². The van der Waals surface area contributed by atoms with Crippen molar-refractivity contribution in [1.82, 2.24) is 4.90 Å². The molecule has 20 heavy (non-hydrogen) atoms. The lowest BCUT2D eigenvalue weighted by atomic mass is 10.0. The van der Waals surface area contributed by atoms with Crippen LogP contribution in [-0.4, -0.2) is 37.7 Å². The average molecular weight is 288 g/mol. The van der Waals surface area contributed by atoms with E-state index in [1.807, 2.05) is 0 Å². The van der Waals surface area contributed by atoms with Crippen LogP contribution in [0.5, 0.6) is 0 Å². The van der Waals surface area contributed by atoms with Crippen LogP contribution in [0.25, 0.3) is 0 Å². The molecule has 0 aliphatic carbocycles. The number of benzene rings is 1. The predicted molar refractivity (Wildman–Crippen MR) is 70.2 cm³/mol. The lowest BCUT2D eigenvalue weighted by molar-refractivity contribution is -0.137. The molecular weight excluding hydrogens is 269 g/mol. The fourth-order valence-corrected chi connectivity index (χ4v) is 2.50. The van der Waals surface area contributed by atoms with Gasteiger partial charge in [0.1, 0.15) is 0 Å². The van der Waals surface area contributed by atoms with E-state index >= 15 is 0 Å². The third kappa shape index (κ3) is 3.71. The Morgan fingerprint density at radius 1 is 1.25 bits per heavy atom. The Labute approximate surface area is 116 Å². The molecular formula is C14H19F3N2O. The molecule has 1 aromatic carbocycles. The number of nitrogens with two attached hydrogens (primary N) is 1. The van der Waals surface area contributed by atoms with Crippen molar-refractivity contribution in [3.63, 3.8) is 0 Å². The van der Waals surface area contributed by atoms with E-state index in [9.17, 15) is 13.2 Å². The first-order valence-electron chi connectivity index (χ1n) is 6.71. The topological polar surface area (TPSA) is 38.5 Å². The van der Waals surface area contributed by atoms with E-state index in [0.29, 0.717) is 31.9 Å². The summed E-state index contributed by atoms with van der Waals surface area (Å²) in [5.41, 5.74) is 5.77. The van der Waals surface area contributed by atoms with Crippen molar-refractivity contribution in [3.8, 4) is 0 Å². The van der Waals surface area contributed by atoms with Gasteiger partial charge in [-0.1, -0.05) is 12.1 Å². The number of hydrogen-bond donors (Lipinski definition) is 1. The number of halogens is 3. The van der Waals surface area contributed by atoms with Crippen LogP contribution in [0.1, 0.15) is 23.6 Å².